The van der Waals surface area contributed by atoms with E-state index in [-0.39, 0.29) is 19.5 Å². The van der Waals surface area contributed by atoms with Gasteiger partial charge < -0.3 is 34.1 Å². The van der Waals surface area contributed by atoms with Crippen LogP contribution in [0.2, 0.25) is 0 Å². The molecule has 0 unspecified atom stereocenters. The molecule has 3 atom stereocenters. The number of rotatable bonds is 12. The highest BCUT2D eigenvalue weighted by Crippen LogP contribution is 2.21. The molecule has 2 aromatic carbocycles. The molecule has 9 heteroatoms. The number of benzene rings is 2. The smallest absolute Gasteiger partial charge is 0.336 e. The van der Waals surface area contributed by atoms with Gasteiger partial charge in [-0.25, -0.2) is 9.59 Å². The van der Waals surface area contributed by atoms with Crippen molar-refractivity contribution in [2.75, 3.05) is 26.8 Å². The Kier molecular flexibility index (Phi) is 12.7. The van der Waals surface area contributed by atoms with Crippen LogP contribution in [0.25, 0.3) is 0 Å². The lowest BCUT2D eigenvalue weighted by molar-refractivity contribution is -0.182. The first-order valence-electron chi connectivity index (χ1n) is 13.1. The van der Waals surface area contributed by atoms with E-state index in [1.54, 1.807) is 48.5 Å². The Morgan fingerprint density at radius 1 is 0.842 bits per heavy atom. The lowest BCUT2D eigenvalue weighted by Crippen LogP contribution is -2.43. The number of carboxylic acids is 2. The molecule has 0 bridgehead atoms. The maximum absolute atomic E-state index is 11.4. The van der Waals surface area contributed by atoms with Gasteiger partial charge in [-0.3, -0.25) is 0 Å². The summed E-state index contributed by atoms with van der Waals surface area (Å²) in [5, 5.41) is 18.6. The highest BCUT2D eigenvalue weighted by Gasteiger charge is 2.36. The fraction of sp³-hybridized carbons (Fsp3) is 0.517. The molecule has 208 valence electrons. The SMILES string of the molecule is CN1CCC[C@@H]1CCC1OCCCO1.O=C(O)[C@H](OCc1ccccc1)[C@@H](OCc1ccccc1)C(=O)O. The van der Waals surface area contributed by atoms with Gasteiger partial charge in [0.25, 0.3) is 0 Å². The molecule has 4 rings (SSSR count). The summed E-state index contributed by atoms with van der Waals surface area (Å²) in [6.45, 7) is 2.99. The molecule has 2 fully saturated rings. The van der Waals surface area contributed by atoms with Crippen LogP contribution >= 0.6 is 0 Å². The van der Waals surface area contributed by atoms with Crippen molar-refractivity contribution in [2.45, 2.75) is 69.9 Å². The molecule has 0 aliphatic carbocycles. The summed E-state index contributed by atoms with van der Waals surface area (Å²) >= 11 is 0. The van der Waals surface area contributed by atoms with Gasteiger partial charge in [0.1, 0.15) is 0 Å². The molecule has 2 N–H and O–H groups in total. The number of ether oxygens (including phenoxy) is 4. The zero-order valence-electron chi connectivity index (χ0n) is 21.9. The molecule has 0 aromatic heterocycles. The average Bonchev–Trinajstić information content (AvgIpc) is 3.35. The lowest BCUT2D eigenvalue weighted by atomic mass is 10.1. The Labute approximate surface area is 224 Å². The molecule has 2 aromatic rings. The van der Waals surface area contributed by atoms with Crippen molar-refractivity contribution in [3.63, 3.8) is 0 Å². The molecule has 38 heavy (non-hydrogen) atoms. The minimum absolute atomic E-state index is 0.0176. The minimum atomic E-state index is -1.61. The molecule has 2 aliphatic rings. The van der Waals surface area contributed by atoms with Crippen LogP contribution < -0.4 is 0 Å². The fourth-order valence-corrected chi connectivity index (χ4v) is 4.47. The third kappa shape index (κ3) is 10.2. The van der Waals surface area contributed by atoms with E-state index in [1.807, 2.05) is 12.1 Å². The Morgan fingerprint density at radius 2 is 1.34 bits per heavy atom. The normalized spacial score (nSPS) is 19.8. The zero-order chi connectivity index (χ0) is 27.2. The van der Waals surface area contributed by atoms with Gasteiger partial charge in [-0.15, -0.1) is 0 Å². The van der Waals surface area contributed by atoms with Crippen LogP contribution in [-0.2, 0) is 41.8 Å². The van der Waals surface area contributed by atoms with Gasteiger partial charge >= 0.3 is 11.9 Å². The third-order valence-electron chi connectivity index (χ3n) is 6.61. The molecular weight excluding hydrogens is 490 g/mol. The molecule has 2 aliphatic heterocycles. The Morgan fingerprint density at radius 3 is 1.76 bits per heavy atom. The van der Waals surface area contributed by atoms with E-state index >= 15 is 0 Å². The number of aliphatic carboxylic acids is 2. The zero-order valence-corrected chi connectivity index (χ0v) is 21.9. The van der Waals surface area contributed by atoms with Gasteiger partial charge in [0.15, 0.2) is 18.5 Å². The maximum Gasteiger partial charge on any atom is 0.336 e. The second-order valence-corrected chi connectivity index (χ2v) is 9.49. The van der Waals surface area contributed by atoms with Crippen molar-refractivity contribution in [2.24, 2.45) is 0 Å². The van der Waals surface area contributed by atoms with Crippen LogP contribution in [0, 0.1) is 0 Å². The summed E-state index contributed by atoms with van der Waals surface area (Å²) in [5.41, 5.74) is 1.49. The summed E-state index contributed by atoms with van der Waals surface area (Å²) in [6.07, 6.45) is 2.92. The second-order valence-electron chi connectivity index (χ2n) is 9.49. The molecule has 0 radical (unpaired) electrons. The number of carbonyl (C=O) groups is 2. The standard InChI is InChI=1S/C18H18O6.C11H21NO2/c19-17(20)15(23-11-13-7-3-1-4-8-13)16(18(21)22)24-12-14-9-5-2-6-10-14;1-12-7-2-4-10(12)5-6-11-13-8-3-9-14-11/h1-10,15-16H,11-12H2,(H,19,20)(H,21,22);10-11H,2-9H2,1H3/t15-,16-;10-/m11/s1. The van der Waals surface area contributed by atoms with E-state index in [4.69, 9.17) is 18.9 Å². The Bertz CT molecular complexity index is 892. The molecule has 0 amide bonds. The van der Waals surface area contributed by atoms with Gasteiger partial charge in [0, 0.05) is 6.04 Å². The van der Waals surface area contributed by atoms with Crippen LogP contribution in [-0.4, -0.2) is 78.4 Å². The first-order valence-corrected chi connectivity index (χ1v) is 13.1. The highest BCUT2D eigenvalue weighted by atomic mass is 16.7. The summed E-state index contributed by atoms with van der Waals surface area (Å²) in [5.74, 6) is -2.77. The fourth-order valence-electron chi connectivity index (χ4n) is 4.47. The molecule has 0 spiro atoms. The molecule has 2 heterocycles. The van der Waals surface area contributed by atoms with Crippen molar-refractivity contribution < 1.29 is 38.7 Å². The van der Waals surface area contributed by atoms with Gasteiger partial charge in [0.05, 0.1) is 26.4 Å². The summed E-state index contributed by atoms with van der Waals surface area (Å²) in [6, 6.07) is 18.6. The Balaban J connectivity index is 0.000000241. The van der Waals surface area contributed by atoms with Gasteiger partial charge in [-0.1, -0.05) is 60.7 Å². The van der Waals surface area contributed by atoms with E-state index in [0.717, 1.165) is 43.2 Å². The van der Waals surface area contributed by atoms with Crippen LogP contribution in [0.3, 0.4) is 0 Å². The van der Waals surface area contributed by atoms with E-state index < -0.39 is 24.1 Å². The minimum Gasteiger partial charge on any atom is -0.479 e. The summed E-state index contributed by atoms with van der Waals surface area (Å²) < 4.78 is 21.7. The van der Waals surface area contributed by atoms with Crippen molar-refractivity contribution in [3.05, 3.63) is 71.8 Å². The molecular formula is C29H39NO8. The first kappa shape index (κ1) is 29.7. The predicted molar refractivity (Wildman–Crippen MR) is 141 cm³/mol. The van der Waals surface area contributed by atoms with Crippen LogP contribution in [0.1, 0.15) is 43.2 Å². The average molecular weight is 530 g/mol. The van der Waals surface area contributed by atoms with E-state index in [2.05, 4.69) is 11.9 Å². The van der Waals surface area contributed by atoms with Crippen molar-refractivity contribution >= 4 is 11.9 Å². The van der Waals surface area contributed by atoms with Gasteiger partial charge in [0.2, 0.25) is 0 Å². The Hall–Kier alpha value is -2.82. The van der Waals surface area contributed by atoms with Gasteiger partial charge in [-0.05, 0) is 56.8 Å². The molecule has 0 saturated carbocycles. The number of likely N-dealkylation sites (tertiary alicyclic amines) is 1. The number of carboxylic acid groups (broad SMARTS) is 2. The third-order valence-corrected chi connectivity index (χ3v) is 6.61. The van der Waals surface area contributed by atoms with E-state index in [1.165, 1.54) is 25.8 Å². The highest BCUT2D eigenvalue weighted by molar-refractivity contribution is 5.83. The predicted octanol–water partition coefficient (Wildman–Crippen LogP) is 3.95. The first-order chi connectivity index (χ1) is 18.4. The summed E-state index contributed by atoms with van der Waals surface area (Å²) in [4.78, 5) is 25.3. The van der Waals surface area contributed by atoms with Crippen molar-refractivity contribution in [3.8, 4) is 0 Å². The topological polar surface area (TPSA) is 115 Å². The molecule has 2 saturated heterocycles. The number of nitrogens with zero attached hydrogens (tertiary/aromatic N) is 1. The molecule has 9 nitrogen and oxygen atoms in total. The van der Waals surface area contributed by atoms with E-state index in [9.17, 15) is 19.8 Å². The largest absolute Gasteiger partial charge is 0.479 e. The van der Waals surface area contributed by atoms with Crippen molar-refractivity contribution in [1.82, 2.24) is 4.90 Å². The number of hydrogen-bond acceptors (Lipinski definition) is 7. The van der Waals surface area contributed by atoms with Crippen LogP contribution in [0.4, 0.5) is 0 Å². The lowest BCUT2D eigenvalue weighted by Gasteiger charge is -2.26. The van der Waals surface area contributed by atoms with Crippen LogP contribution in [0.5, 0.6) is 0 Å². The summed E-state index contributed by atoms with van der Waals surface area (Å²) in [7, 11) is 2.22. The van der Waals surface area contributed by atoms with Gasteiger partial charge in [-0.2, -0.15) is 0 Å². The quantitative estimate of drug-likeness (QED) is 0.422. The second kappa shape index (κ2) is 16.2. The number of hydrogen-bond donors (Lipinski definition) is 2. The maximum atomic E-state index is 11.4. The van der Waals surface area contributed by atoms with E-state index in [0.29, 0.717) is 0 Å². The monoisotopic (exact) mass is 529 g/mol. The van der Waals surface area contributed by atoms with Crippen LogP contribution in [0.15, 0.2) is 60.7 Å². The van der Waals surface area contributed by atoms with Crippen molar-refractivity contribution in [1.29, 1.82) is 0 Å².